The first kappa shape index (κ1) is 21.9. The third kappa shape index (κ3) is 10.5. The zero-order valence-corrected chi connectivity index (χ0v) is 15.8. The van der Waals surface area contributed by atoms with Gasteiger partial charge in [0, 0.05) is 12.8 Å². The minimum atomic E-state index is -0.716. The molecule has 1 saturated heterocycles. The van der Waals surface area contributed by atoms with E-state index in [4.69, 9.17) is 9.47 Å². The minimum absolute atomic E-state index is 0.287. The molecule has 0 aliphatic carbocycles. The zero-order valence-electron chi connectivity index (χ0n) is 15.8. The molecular formula is C20H36O5. The van der Waals surface area contributed by atoms with Gasteiger partial charge in [-0.05, 0) is 12.8 Å². The molecule has 0 unspecified atom stereocenters. The van der Waals surface area contributed by atoms with Gasteiger partial charge in [0.05, 0.1) is 6.61 Å². The quantitative estimate of drug-likeness (QED) is 0.350. The molecule has 25 heavy (non-hydrogen) atoms. The van der Waals surface area contributed by atoms with Crippen molar-refractivity contribution in [3.63, 3.8) is 0 Å². The topological polar surface area (TPSA) is 72.8 Å². The van der Waals surface area contributed by atoms with Crippen LogP contribution in [0.25, 0.3) is 0 Å². The van der Waals surface area contributed by atoms with E-state index in [1.807, 2.05) is 0 Å². The Balaban J connectivity index is 1.95. The molecule has 5 nitrogen and oxygen atoms in total. The summed E-state index contributed by atoms with van der Waals surface area (Å²) in [5.41, 5.74) is 0. The van der Waals surface area contributed by atoms with Crippen molar-refractivity contribution < 1.29 is 24.2 Å². The van der Waals surface area contributed by atoms with E-state index in [0.717, 1.165) is 19.3 Å². The maximum Gasteiger partial charge on any atom is 0.306 e. The molecule has 0 bridgehead atoms. The number of esters is 2. The number of carbonyl (C=O) groups excluding carboxylic acids is 2. The lowest BCUT2D eigenvalue weighted by Crippen LogP contribution is -2.34. The number of hydrogen-bond acceptors (Lipinski definition) is 5. The molecule has 1 aliphatic heterocycles. The second-order valence-corrected chi connectivity index (χ2v) is 7.06. The highest BCUT2D eigenvalue weighted by atomic mass is 16.6. The van der Waals surface area contributed by atoms with Gasteiger partial charge in [-0.1, -0.05) is 71.1 Å². The van der Waals surface area contributed by atoms with Crippen molar-refractivity contribution in [3.05, 3.63) is 0 Å². The highest BCUT2D eigenvalue weighted by Gasteiger charge is 2.33. The van der Waals surface area contributed by atoms with E-state index in [2.05, 4.69) is 6.92 Å². The van der Waals surface area contributed by atoms with Crippen molar-refractivity contribution in [3.8, 4) is 0 Å². The van der Waals surface area contributed by atoms with Gasteiger partial charge in [-0.15, -0.1) is 0 Å². The van der Waals surface area contributed by atoms with Crippen LogP contribution in [0.2, 0.25) is 0 Å². The molecule has 1 rings (SSSR count). The Bertz CT molecular complexity index is 369. The highest BCUT2D eigenvalue weighted by molar-refractivity contribution is 5.72. The van der Waals surface area contributed by atoms with E-state index in [9.17, 15) is 14.7 Å². The molecule has 1 N–H and O–H groups in total. The number of aliphatic hydroxyl groups is 1. The molecule has 2 atom stereocenters. The first-order valence-electron chi connectivity index (χ1n) is 10.2. The summed E-state index contributed by atoms with van der Waals surface area (Å²) in [7, 11) is 0. The predicted molar refractivity (Wildman–Crippen MR) is 97.2 cm³/mol. The highest BCUT2D eigenvalue weighted by Crippen LogP contribution is 2.20. The Labute approximate surface area is 152 Å². The summed E-state index contributed by atoms with van der Waals surface area (Å²) in [6.07, 6.45) is 13.6. The smallest absolute Gasteiger partial charge is 0.306 e. The molecule has 0 amide bonds. The maximum absolute atomic E-state index is 11.8. The minimum Gasteiger partial charge on any atom is -0.458 e. The number of carbonyl (C=O) groups is 2. The molecule has 146 valence electrons. The van der Waals surface area contributed by atoms with Crippen LogP contribution in [0.1, 0.15) is 96.8 Å². The lowest BCUT2D eigenvalue weighted by Gasteiger charge is -2.20. The SMILES string of the molecule is CCCCCCCCCCCCCC(=O)O[C@@H](CO)[C@@H]1CCC(=O)O1. The van der Waals surface area contributed by atoms with Gasteiger partial charge in [0.2, 0.25) is 0 Å². The Morgan fingerprint density at radius 3 is 2.12 bits per heavy atom. The van der Waals surface area contributed by atoms with Crippen LogP contribution in [-0.4, -0.2) is 35.9 Å². The molecule has 5 heteroatoms. The lowest BCUT2D eigenvalue weighted by atomic mass is 10.1. The summed E-state index contributed by atoms with van der Waals surface area (Å²) in [4.78, 5) is 22.9. The van der Waals surface area contributed by atoms with E-state index in [0.29, 0.717) is 19.3 Å². The number of hydrogen-bond donors (Lipinski definition) is 1. The van der Waals surface area contributed by atoms with Crippen LogP contribution in [0.5, 0.6) is 0 Å². The van der Waals surface area contributed by atoms with E-state index >= 15 is 0 Å². The van der Waals surface area contributed by atoms with Gasteiger partial charge < -0.3 is 14.6 Å². The van der Waals surface area contributed by atoms with Crippen molar-refractivity contribution in [2.24, 2.45) is 0 Å². The average molecular weight is 357 g/mol. The van der Waals surface area contributed by atoms with Gasteiger partial charge in [-0.3, -0.25) is 9.59 Å². The third-order valence-electron chi connectivity index (χ3n) is 4.78. The second kappa shape index (κ2) is 14.1. The number of unbranched alkanes of at least 4 members (excludes halogenated alkanes) is 10. The third-order valence-corrected chi connectivity index (χ3v) is 4.78. The fourth-order valence-corrected chi connectivity index (χ4v) is 3.20. The average Bonchev–Trinajstić information content (AvgIpc) is 3.03. The molecular weight excluding hydrogens is 320 g/mol. The van der Waals surface area contributed by atoms with Crippen molar-refractivity contribution in [2.75, 3.05) is 6.61 Å². The van der Waals surface area contributed by atoms with Crippen molar-refractivity contribution >= 4 is 11.9 Å². The standard InChI is InChI=1S/C20H36O5/c1-2-3-4-5-6-7-8-9-10-11-12-13-19(22)25-18(16-21)17-14-15-20(23)24-17/h17-18,21H,2-16H2,1H3/t17-,18-/m0/s1. The van der Waals surface area contributed by atoms with Gasteiger partial charge in [-0.25, -0.2) is 0 Å². The van der Waals surface area contributed by atoms with Crippen LogP contribution in [0.3, 0.4) is 0 Å². The summed E-state index contributed by atoms with van der Waals surface area (Å²) in [5.74, 6) is -0.595. The first-order chi connectivity index (χ1) is 12.2. The van der Waals surface area contributed by atoms with Crippen LogP contribution >= 0.6 is 0 Å². The summed E-state index contributed by atoms with van der Waals surface area (Å²) < 4.78 is 10.3. The molecule has 0 spiro atoms. The van der Waals surface area contributed by atoms with Crippen LogP contribution in [0.4, 0.5) is 0 Å². The Kier molecular flexibility index (Phi) is 12.4. The van der Waals surface area contributed by atoms with Crippen LogP contribution < -0.4 is 0 Å². The summed E-state index contributed by atoms with van der Waals surface area (Å²) in [5, 5.41) is 9.31. The molecule has 0 aromatic heterocycles. The fraction of sp³-hybridized carbons (Fsp3) is 0.900. The van der Waals surface area contributed by atoms with Gasteiger partial charge >= 0.3 is 11.9 Å². The summed E-state index contributed by atoms with van der Waals surface area (Å²) in [6, 6.07) is 0. The second-order valence-electron chi connectivity index (χ2n) is 7.06. The van der Waals surface area contributed by atoms with Crippen LogP contribution in [0, 0.1) is 0 Å². The molecule has 1 fully saturated rings. The molecule has 0 saturated carbocycles. The molecule has 0 aromatic rings. The number of ether oxygens (including phenoxy) is 2. The van der Waals surface area contributed by atoms with Gasteiger partial charge in [-0.2, -0.15) is 0 Å². The molecule has 0 radical (unpaired) electrons. The van der Waals surface area contributed by atoms with Crippen molar-refractivity contribution in [2.45, 2.75) is 109 Å². The normalized spacial score (nSPS) is 18.2. The van der Waals surface area contributed by atoms with Crippen LogP contribution in [0.15, 0.2) is 0 Å². The van der Waals surface area contributed by atoms with Gasteiger partial charge in [0.1, 0.15) is 6.10 Å². The number of rotatable bonds is 15. The maximum atomic E-state index is 11.8. The largest absolute Gasteiger partial charge is 0.458 e. The van der Waals surface area contributed by atoms with Crippen molar-refractivity contribution in [1.29, 1.82) is 0 Å². The summed E-state index contributed by atoms with van der Waals surface area (Å²) >= 11 is 0. The molecule has 0 aromatic carbocycles. The number of aliphatic hydroxyl groups excluding tert-OH is 1. The summed E-state index contributed by atoms with van der Waals surface area (Å²) in [6.45, 7) is 1.94. The fourth-order valence-electron chi connectivity index (χ4n) is 3.20. The van der Waals surface area contributed by atoms with E-state index < -0.39 is 12.2 Å². The Morgan fingerprint density at radius 1 is 1.08 bits per heavy atom. The molecule has 1 heterocycles. The van der Waals surface area contributed by atoms with E-state index in [1.165, 1.54) is 51.4 Å². The van der Waals surface area contributed by atoms with Crippen molar-refractivity contribution in [1.82, 2.24) is 0 Å². The zero-order chi connectivity index (χ0) is 18.3. The Morgan fingerprint density at radius 2 is 1.64 bits per heavy atom. The van der Waals surface area contributed by atoms with Gasteiger partial charge in [0.25, 0.3) is 0 Å². The van der Waals surface area contributed by atoms with E-state index in [-0.39, 0.29) is 18.5 Å². The monoisotopic (exact) mass is 356 g/mol. The van der Waals surface area contributed by atoms with Gasteiger partial charge in [0.15, 0.2) is 6.10 Å². The number of cyclic esters (lactones) is 1. The first-order valence-corrected chi connectivity index (χ1v) is 10.2. The Hall–Kier alpha value is -1.10. The van der Waals surface area contributed by atoms with Crippen LogP contribution in [-0.2, 0) is 19.1 Å². The predicted octanol–water partition coefficient (Wildman–Crippen LogP) is 4.30. The lowest BCUT2D eigenvalue weighted by molar-refractivity contribution is -0.164. The van der Waals surface area contributed by atoms with E-state index in [1.54, 1.807) is 0 Å². The molecule has 1 aliphatic rings.